The number of carbonyl (C=O) groups is 2. The number of aliphatic carboxylic acids is 1. The van der Waals surface area contributed by atoms with Crippen LogP contribution in [0.1, 0.15) is 32.6 Å². The fourth-order valence-corrected chi connectivity index (χ4v) is 4.50. The topological polar surface area (TPSA) is 106 Å². The summed E-state index contributed by atoms with van der Waals surface area (Å²) in [5.41, 5.74) is 6.01. The van der Waals surface area contributed by atoms with Gasteiger partial charge in [-0.1, -0.05) is 6.92 Å². The van der Waals surface area contributed by atoms with E-state index in [0.717, 1.165) is 19.8 Å². The molecule has 28 heavy (non-hydrogen) atoms. The van der Waals surface area contributed by atoms with Gasteiger partial charge in [0.25, 0.3) is 0 Å². The van der Waals surface area contributed by atoms with Crippen molar-refractivity contribution in [1.29, 1.82) is 0 Å². The second-order valence-electron chi connectivity index (χ2n) is 8.06. The number of nitrogens with zero attached hydrogens (tertiary/aromatic N) is 1. The van der Waals surface area contributed by atoms with Crippen LogP contribution >= 0.6 is 0 Å². The van der Waals surface area contributed by atoms with Crippen LogP contribution in [0.5, 0.6) is 0 Å². The second-order valence-corrected chi connectivity index (χ2v) is 8.06. The van der Waals surface area contributed by atoms with Gasteiger partial charge in [0.05, 0.1) is 18.0 Å². The molecule has 11 heteroatoms. The van der Waals surface area contributed by atoms with Crippen LogP contribution in [0.15, 0.2) is 0 Å². The molecule has 0 aromatic heterocycles. The predicted octanol–water partition coefficient (Wildman–Crippen LogP) is 0.226. The Morgan fingerprint density at radius 2 is 1.93 bits per heavy atom. The summed E-state index contributed by atoms with van der Waals surface area (Å²) in [5.74, 6) is -5.06. The van der Waals surface area contributed by atoms with Crippen LogP contribution in [-0.4, -0.2) is 66.1 Å². The number of hydrogen-bond acceptors (Lipinski definition) is 6. The van der Waals surface area contributed by atoms with Gasteiger partial charge in [-0.3, -0.25) is 14.5 Å². The first-order valence-electron chi connectivity index (χ1n) is 9.72. The Morgan fingerprint density at radius 1 is 1.18 bits per heavy atom. The Hall–Kier alpha value is -1.43. The molecule has 3 fully saturated rings. The number of carbonyl (C=O) groups excluding carboxylic acids is 1. The van der Waals surface area contributed by atoms with Gasteiger partial charge in [0.1, 0.15) is 6.04 Å². The van der Waals surface area contributed by atoms with Gasteiger partial charge in [-0.25, -0.2) is 10.9 Å². The summed E-state index contributed by atoms with van der Waals surface area (Å²) in [6.45, 7) is 3.98. The fourth-order valence-electron chi connectivity index (χ4n) is 4.50. The Kier molecular flexibility index (Phi) is 6.47. The van der Waals surface area contributed by atoms with Crippen LogP contribution in [0.2, 0.25) is 0 Å². The van der Waals surface area contributed by atoms with Crippen molar-refractivity contribution >= 4 is 11.9 Å². The zero-order valence-corrected chi connectivity index (χ0v) is 15.8. The van der Waals surface area contributed by atoms with E-state index in [4.69, 9.17) is 0 Å². The number of amides is 1. The average Bonchev–Trinajstić information content (AvgIpc) is 3.16. The zero-order chi connectivity index (χ0) is 20.5. The summed E-state index contributed by atoms with van der Waals surface area (Å²) in [5, 5.41) is 15.2. The molecule has 160 valence electrons. The third-order valence-electron chi connectivity index (χ3n) is 6.17. The minimum absolute atomic E-state index is 0.0796. The largest absolute Gasteiger partial charge is 0.481 e. The van der Waals surface area contributed by atoms with Crippen molar-refractivity contribution in [1.82, 2.24) is 26.4 Å². The van der Waals surface area contributed by atoms with Gasteiger partial charge in [-0.15, -0.1) is 0 Å². The lowest BCUT2D eigenvalue weighted by atomic mass is 9.71. The molecule has 0 spiro atoms. The Bertz CT molecular complexity index is 577. The molecule has 2 aliphatic heterocycles. The molecule has 1 amide bonds. The molecule has 0 aromatic rings. The first-order chi connectivity index (χ1) is 13.2. The Balaban J connectivity index is 1.58. The first kappa shape index (κ1) is 21.3. The normalized spacial score (nSPS) is 37.6. The van der Waals surface area contributed by atoms with Crippen molar-refractivity contribution < 1.29 is 27.9 Å². The number of rotatable bonds is 4. The smallest absolute Gasteiger partial charge is 0.392 e. The van der Waals surface area contributed by atoms with Crippen molar-refractivity contribution in [2.24, 2.45) is 17.8 Å². The summed E-state index contributed by atoms with van der Waals surface area (Å²) in [7, 11) is 0. The zero-order valence-electron chi connectivity index (χ0n) is 15.8. The highest BCUT2D eigenvalue weighted by atomic mass is 19.4. The molecule has 2 saturated heterocycles. The molecule has 1 aliphatic carbocycles. The summed E-state index contributed by atoms with van der Waals surface area (Å²) >= 11 is 0. The summed E-state index contributed by atoms with van der Waals surface area (Å²) < 4.78 is 39.9. The number of hydrazine groups is 1. The highest BCUT2D eigenvalue weighted by Gasteiger charge is 2.50. The van der Waals surface area contributed by atoms with Gasteiger partial charge >= 0.3 is 12.1 Å². The first-order valence-corrected chi connectivity index (χ1v) is 9.72. The lowest BCUT2D eigenvalue weighted by molar-refractivity contribution is -0.202. The van der Waals surface area contributed by atoms with Gasteiger partial charge in [0.15, 0.2) is 0 Å². The predicted molar refractivity (Wildman–Crippen MR) is 93.7 cm³/mol. The summed E-state index contributed by atoms with van der Waals surface area (Å²) in [4.78, 5) is 26.3. The molecule has 0 aromatic carbocycles. The molecular formula is C17H28F3N5O3. The molecule has 0 radical (unpaired) electrons. The number of carboxylic acid groups (broad SMARTS) is 1. The minimum Gasteiger partial charge on any atom is -0.481 e. The number of nitrogens with one attached hydrogen (secondary N) is 4. The standard InChI is InChI=1S/C17H28F3N5O3/c1-9-6-10(16(27)28)13(7-11(9)17(18,19)20)22-15(26)12-2-3-14(24-23-12)25-5-4-21-8-25/h9-14,21,23-24H,2-8H2,1H3,(H,22,26)(H,27,28). The van der Waals surface area contributed by atoms with Crippen LogP contribution < -0.4 is 21.5 Å². The van der Waals surface area contributed by atoms with Crippen LogP contribution in [0.3, 0.4) is 0 Å². The van der Waals surface area contributed by atoms with E-state index in [1.54, 1.807) is 0 Å². The maximum atomic E-state index is 13.3. The van der Waals surface area contributed by atoms with E-state index in [9.17, 15) is 27.9 Å². The van der Waals surface area contributed by atoms with Gasteiger partial charge < -0.3 is 15.7 Å². The number of halogens is 3. The molecule has 0 bridgehead atoms. The van der Waals surface area contributed by atoms with E-state index in [-0.39, 0.29) is 12.6 Å². The van der Waals surface area contributed by atoms with Crippen molar-refractivity contribution in [3.63, 3.8) is 0 Å². The van der Waals surface area contributed by atoms with Crippen molar-refractivity contribution in [2.45, 2.75) is 57.0 Å². The maximum absolute atomic E-state index is 13.3. The molecule has 5 N–H and O–H groups in total. The van der Waals surface area contributed by atoms with E-state index >= 15 is 0 Å². The molecule has 6 atom stereocenters. The molecule has 3 rings (SSSR count). The molecule has 3 aliphatic rings. The molecule has 1 saturated carbocycles. The Morgan fingerprint density at radius 3 is 2.46 bits per heavy atom. The van der Waals surface area contributed by atoms with E-state index in [0.29, 0.717) is 12.8 Å². The maximum Gasteiger partial charge on any atom is 0.392 e. The minimum atomic E-state index is -4.41. The third-order valence-corrected chi connectivity index (χ3v) is 6.17. The average molecular weight is 407 g/mol. The Labute approximate surface area is 161 Å². The van der Waals surface area contributed by atoms with Gasteiger partial charge in [0, 0.05) is 25.8 Å². The third kappa shape index (κ3) is 4.76. The quantitative estimate of drug-likeness (QED) is 0.454. The van der Waals surface area contributed by atoms with Gasteiger partial charge in [0.2, 0.25) is 5.91 Å². The molecular weight excluding hydrogens is 379 g/mol. The monoisotopic (exact) mass is 407 g/mol. The highest BCUT2D eigenvalue weighted by Crippen LogP contribution is 2.43. The lowest BCUT2D eigenvalue weighted by Gasteiger charge is -2.40. The molecule has 2 heterocycles. The summed E-state index contributed by atoms with van der Waals surface area (Å²) in [6, 6.07) is -1.64. The van der Waals surface area contributed by atoms with Gasteiger partial charge in [-0.2, -0.15) is 13.2 Å². The second kappa shape index (κ2) is 8.52. The van der Waals surface area contributed by atoms with Gasteiger partial charge in [-0.05, 0) is 31.6 Å². The summed E-state index contributed by atoms with van der Waals surface area (Å²) in [6.07, 6.45) is -3.62. The highest BCUT2D eigenvalue weighted by molar-refractivity contribution is 5.83. The molecule has 6 unspecified atom stereocenters. The SMILES string of the molecule is CC1CC(C(=O)O)C(NC(=O)C2CCC(N3CCNC3)NN2)CC1C(F)(F)F. The van der Waals surface area contributed by atoms with Crippen LogP contribution in [0.4, 0.5) is 13.2 Å². The van der Waals surface area contributed by atoms with E-state index in [1.165, 1.54) is 6.92 Å². The number of alkyl halides is 3. The van der Waals surface area contributed by atoms with Crippen molar-refractivity contribution in [3.05, 3.63) is 0 Å². The van der Waals surface area contributed by atoms with E-state index in [2.05, 4.69) is 26.4 Å². The number of carboxylic acids is 1. The van der Waals surface area contributed by atoms with Crippen molar-refractivity contribution in [3.8, 4) is 0 Å². The molecule has 8 nitrogen and oxygen atoms in total. The number of hydrogen-bond donors (Lipinski definition) is 5. The van der Waals surface area contributed by atoms with E-state index in [1.807, 2.05) is 0 Å². The van der Waals surface area contributed by atoms with Crippen LogP contribution in [0, 0.1) is 17.8 Å². The van der Waals surface area contributed by atoms with Crippen molar-refractivity contribution in [2.75, 3.05) is 19.8 Å². The van der Waals surface area contributed by atoms with E-state index < -0.39 is 54.3 Å². The lowest BCUT2D eigenvalue weighted by Crippen LogP contribution is -2.63. The van der Waals surface area contributed by atoms with Crippen LogP contribution in [-0.2, 0) is 9.59 Å². The fraction of sp³-hybridized carbons (Fsp3) is 0.882. The van der Waals surface area contributed by atoms with Crippen LogP contribution in [0.25, 0.3) is 0 Å².